The Morgan fingerprint density at radius 2 is 1.92 bits per heavy atom. The molecule has 12 nitrogen and oxygen atoms in total. The predicted molar refractivity (Wildman–Crippen MR) is 140 cm³/mol. The molecule has 0 aliphatic heterocycles. The minimum absolute atomic E-state index is 0.0594. The summed E-state index contributed by atoms with van der Waals surface area (Å²) in [6, 6.07) is 8.91. The topological polar surface area (TPSA) is 167 Å². The van der Waals surface area contributed by atoms with E-state index in [0.29, 0.717) is 16.4 Å². The van der Waals surface area contributed by atoms with E-state index in [1.54, 1.807) is 18.2 Å². The second-order valence-electron chi connectivity index (χ2n) is 8.10. The summed E-state index contributed by atoms with van der Waals surface area (Å²) in [6.07, 6.45) is 2.82. The molecule has 3 aromatic rings. The molecule has 15 heteroatoms. The van der Waals surface area contributed by atoms with Crippen LogP contribution in [0, 0.1) is 5.82 Å². The number of sulfonamides is 1. The van der Waals surface area contributed by atoms with Crippen molar-refractivity contribution in [2.75, 3.05) is 36.5 Å². The lowest BCUT2D eigenvalue weighted by atomic mass is 10.1. The maximum Gasteiger partial charge on any atom is 0.407 e. The molecule has 38 heavy (non-hydrogen) atoms. The van der Waals surface area contributed by atoms with Gasteiger partial charge in [-0.1, -0.05) is 11.6 Å². The van der Waals surface area contributed by atoms with Gasteiger partial charge in [0, 0.05) is 54.6 Å². The summed E-state index contributed by atoms with van der Waals surface area (Å²) < 4.78 is 38.7. The zero-order chi connectivity index (χ0) is 27.7. The standard InChI is InChI=1S/C23H25ClFN7O5S/c1-38(36,37)28-7-2-9-32(23(34)35)10-6-22(33)30-21-13-16(5-8-26-21)29-17-12-20(31-27-14-17)18-11-15(24)3-4-19(18)25/h3-5,8,11-14,28H,2,6-7,9-10H2,1H3,(H,34,35)(H2,26,29,30,31,33). The van der Waals surface area contributed by atoms with Gasteiger partial charge in [-0.15, -0.1) is 0 Å². The fraction of sp³-hybridized carbons (Fsp3) is 0.261. The predicted octanol–water partition coefficient (Wildman–Crippen LogP) is 3.32. The summed E-state index contributed by atoms with van der Waals surface area (Å²) in [4.78, 5) is 28.9. The van der Waals surface area contributed by atoms with Crippen LogP contribution in [0.4, 0.5) is 26.4 Å². The number of hydrogen-bond acceptors (Lipinski definition) is 8. The van der Waals surface area contributed by atoms with Crippen molar-refractivity contribution in [1.82, 2.24) is 24.8 Å². The molecule has 0 radical (unpaired) electrons. The van der Waals surface area contributed by atoms with Crippen LogP contribution in [-0.4, -0.2) is 71.5 Å². The van der Waals surface area contributed by atoms with Crippen LogP contribution in [0.2, 0.25) is 5.02 Å². The van der Waals surface area contributed by atoms with Gasteiger partial charge in [-0.25, -0.2) is 27.3 Å². The van der Waals surface area contributed by atoms with Gasteiger partial charge in [0.2, 0.25) is 15.9 Å². The molecule has 1 aromatic carbocycles. The van der Waals surface area contributed by atoms with E-state index >= 15 is 0 Å². The van der Waals surface area contributed by atoms with Crippen LogP contribution in [0.1, 0.15) is 12.8 Å². The molecule has 2 aromatic heterocycles. The van der Waals surface area contributed by atoms with Crippen LogP contribution in [0.15, 0.2) is 48.8 Å². The number of anilines is 3. The van der Waals surface area contributed by atoms with E-state index in [2.05, 4.69) is 30.5 Å². The van der Waals surface area contributed by atoms with Crippen molar-refractivity contribution in [3.05, 3.63) is 59.6 Å². The van der Waals surface area contributed by atoms with Gasteiger partial charge in [-0.3, -0.25) is 4.79 Å². The number of halogens is 2. The highest BCUT2D eigenvalue weighted by atomic mass is 35.5. The first-order valence-electron chi connectivity index (χ1n) is 11.2. The van der Waals surface area contributed by atoms with E-state index in [4.69, 9.17) is 11.6 Å². The third kappa shape index (κ3) is 9.21. The molecular weight excluding hydrogens is 541 g/mol. The molecule has 2 amide bonds. The minimum Gasteiger partial charge on any atom is -0.465 e. The quantitative estimate of drug-likeness (QED) is 0.241. The van der Waals surface area contributed by atoms with Gasteiger partial charge in [-0.2, -0.15) is 10.2 Å². The van der Waals surface area contributed by atoms with E-state index in [9.17, 15) is 27.5 Å². The van der Waals surface area contributed by atoms with Gasteiger partial charge < -0.3 is 20.6 Å². The average molecular weight is 566 g/mol. The van der Waals surface area contributed by atoms with E-state index in [1.807, 2.05) is 0 Å². The van der Waals surface area contributed by atoms with Gasteiger partial charge in [-0.05, 0) is 36.8 Å². The Morgan fingerprint density at radius 1 is 1.13 bits per heavy atom. The molecule has 0 aliphatic carbocycles. The maximum atomic E-state index is 14.2. The summed E-state index contributed by atoms with van der Waals surface area (Å²) in [7, 11) is -3.36. The highest BCUT2D eigenvalue weighted by molar-refractivity contribution is 7.88. The molecular formula is C23H25ClFN7O5S. The molecule has 0 saturated heterocycles. The fourth-order valence-electron chi connectivity index (χ4n) is 3.28. The zero-order valence-electron chi connectivity index (χ0n) is 20.2. The molecule has 0 fully saturated rings. The van der Waals surface area contributed by atoms with Crippen LogP contribution in [-0.2, 0) is 14.8 Å². The Bertz CT molecular complexity index is 1410. The van der Waals surface area contributed by atoms with Crippen molar-refractivity contribution in [3.8, 4) is 11.3 Å². The number of carbonyl (C=O) groups excluding carboxylic acids is 1. The number of carbonyl (C=O) groups is 2. The van der Waals surface area contributed by atoms with Crippen LogP contribution in [0.3, 0.4) is 0 Å². The second kappa shape index (κ2) is 13.1. The summed E-state index contributed by atoms with van der Waals surface area (Å²) in [5.74, 6) is -0.733. The molecule has 0 atom stereocenters. The third-order valence-electron chi connectivity index (χ3n) is 5.02. The molecule has 4 N–H and O–H groups in total. The second-order valence-corrected chi connectivity index (χ2v) is 10.4. The molecule has 0 bridgehead atoms. The van der Waals surface area contributed by atoms with Crippen molar-refractivity contribution in [2.45, 2.75) is 12.8 Å². The number of nitrogens with zero attached hydrogens (tertiary/aromatic N) is 4. The Kier molecular flexibility index (Phi) is 9.87. The van der Waals surface area contributed by atoms with Gasteiger partial charge >= 0.3 is 6.09 Å². The summed E-state index contributed by atoms with van der Waals surface area (Å²) in [5, 5.41) is 23.2. The van der Waals surface area contributed by atoms with Crippen molar-refractivity contribution in [3.63, 3.8) is 0 Å². The number of amides is 2. The van der Waals surface area contributed by atoms with Crippen molar-refractivity contribution in [1.29, 1.82) is 0 Å². The average Bonchev–Trinajstić information content (AvgIpc) is 2.84. The van der Waals surface area contributed by atoms with E-state index < -0.39 is 27.8 Å². The van der Waals surface area contributed by atoms with E-state index in [1.165, 1.54) is 30.6 Å². The monoisotopic (exact) mass is 565 g/mol. The van der Waals surface area contributed by atoms with E-state index in [0.717, 1.165) is 11.2 Å². The summed E-state index contributed by atoms with van der Waals surface area (Å²) in [6.45, 7) is 0.0639. The van der Waals surface area contributed by atoms with Crippen molar-refractivity contribution >= 4 is 50.8 Å². The van der Waals surface area contributed by atoms with Crippen molar-refractivity contribution < 1.29 is 27.5 Å². The van der Waals surface area contributed by atoms with Crippen LogP contribution < -0.4 is 15.4 Å². The third-order valence-corrected chi connectivity index (χ3v) is 5.99. The Labute approximate surface area is 223 Å². The normalized spacial score (nSPS) is 11.1. The molecule has 2 heterocycles. The fourth-order valence-corrected chi connectivity index (χ4v) is 3.96. The molecule has 0 saturated carbocycles. The van der Waals surface area contributed by atoms with Crippen LogP contribution in [0.25, 0.3) is 11.3 Å². The smallest absolute Gasteiger partial charge is 0.407 e. The SMILES string of the molecule is CS(=O)(=O)NCCCN(CCC(=O)Nc1cc(Nc2cnnc(-c3cc(Cl)ccc3F)c2)ccn1)C(=O)O. The van der Waals surface area contributed by atoms with Gasteiger partial charge in [0.25, 0.3) is 0 Å². The number of rotatable bonds is 12. The Hall–Kier alpha value is -3.88. The largest absolute Gasteiger partial charge is 0.465 e. The number of aromatic nitrogens is 3. The Morgan fingerprint density at radius 3 is 2.66 bits per heavy atom. The maximum absolute atomic E-state index is 14.2. The number of hydrogen-bond donors (Lipinski definition) is 4. The highest BCUT2D eigenvalue weighted by Gasteiger charge is 2.15. The highest BCUT2D eigenvalue weighted by Crippen LogP contribution is 2.27. The lowest BCUT2D eigenvalue weighted by Crippen LogP contribution is -2.35. The molecule has 0 unspecified atom stereocenters. The first-order chi connectivity index (χ1) is 18.0. The summed E-state index contributed by atoms with van der Waals surface area (Å²) >= 11 is 5.97. The van der Waals surface area contributed by atoms with Gasteiger partial charge in [0.1, 0.15) is 11.6 Å². The van der Waals surface area contributed by atoms with Crippen molar-refractivity contribution in [2.24, 2.45) is 0 Å². The lowest BCUT2D eigenvalue weighted by molar-refractivity contribution is -0.116. The van der Waals surface area contributed by atoms with Crippen LogP contribution in [0.5, 0.6) is 0 Å². The Balaban J connectivity index is 1.57. The van der Waals surface area contributed by atoms with Gasteiger partial charge in [0.05, 0.1) is 23.8 Å². The minimum atomic E-state index is -3.36. The molecule has 202 valence electrons. The zero-order valence-corrected chi connectivity index (χ0v) is 21.8. The number of nitrogens with one attached hydrogen (secondary N) is 3. The molecule has 0 spiro atoms. The van der Waals surface area contributed by atoms with Gasteiger partial charge in [0.15, 0.2) is 0 Å². The summed E-state index contributed by atoms with van der Waals surface area (Å²) in [5.41, 5.74) is 1.51. The van der Waals surface area contributed by atoms with Crippen LogP contribution >= 0.6 is 11.6 Å². The first kappa shape index (κ1) is 28.7. The number of benzene rings is 1. The lowest BCUT2D eigenvalue weighted by Gasteiger charge is -2.18. The van der Waals surface area contributed by atoms with E-state index in [-0.39, 0.29) is 49.6 Å². The molecule has 3 rings (SSSR count). The first-order valence-corrected chi connectivity index (χ1v) is 13.5. The molecule has 0 aliphatic rings. The number of pyridine rings is 1. The number of carboxylic acid groups (broad SMARTS) is 1.